The predicted molar refractivity (Wildman–Crippen MR) is 97.7 cm³/mol. The summed E-state index contributed by atoms with van der Waals surface area (Å²) in [5.41, 5.74) is 0. The Morgan fingerprint density at radius 1 is 1.19 bits per heavy atom. The molecule has 1 aliphatic carbocycles. The highest BCUT2D eigenvalue weighted by atomic mass is 16.5. The Bertz CT molecular complexity index is 465. The van der Waals surface area contributed by atoms with Gasteiger partial charge in [-0.3, -0.25) is 4.79 Å². The van der Waals surface area contributed by atoms with Crippen molar-refractivity contribution in [3.8, 4) is 0 Å². The monoisotopic (exact) mass is 370 g/mol. The zero-order valence-electron chi connectivity index (χ0n) is 15.7. The van der Waals surface area contributed by atoms with Crippen LogP contribution >= 0.6 is 0 Å². The fourth-order valence-electron chi connectivity index (χ4n) is 4.24. The average Bonchev–Trinajstić information content (AvgIpc) is 3.10. The lowest BCUT2D eigenvalue weighted by atomic mass is 9.88. The second-order valence-electron chi connectivity index (χ2n) is 7.79. The summed E-state index contributed by atoms with van der Waals surface area (Å²) in [6, 6.07) is 0. The van der Waals surface area contributed by atoms with Gasteiger partial charge in [0.05, 0.1) is 30.5 Å². The third kappa shape index (κ3) is 6.05. The van der Waals surface area contributed by atoms with Gasteiger partial charge in [0.1, 0.15) is 0 Å². The molecule has 2 aliphatic rings. The Morgan fingerprint density at radius 2 is 1.96 bits per heavy atom. The number of carboxylic acids is 1. The van der Waals surface area contributed by atoms with E-state index in [-0.39, 0.29) is 30.5 Å². The van der Waals surface area contributed by atoms with Crippen molar-refractivity contribution in [2.75, 3.05) is 0 Å². The van der Waals surface area contributed by atoms with Crippen LogP contribution in [0.15, 0.2) is 12.2 Å². The minimum Gasteiger partial charge on any atom is -0.481 e. The first kappa shape index (κ1) is 21.4. The van der Waals surface area contributed by atoms with Crippen molar-refractivity contribution in [2.24, 2.45) is 11.8 Å². The first-order valence-corrected chi connectivity index (χ1v) is 10.0. The number of hydrogen-bond acceptors (Lipinski definition) is 5. The molecule has 6 heteroatoms. The quantitative estimate of drug-likeness (QED) is 0.328. The van der Waals surface area contributed by atoms with E-state index in [4.69, 9.17) is 9.84 Å². The third-order valence-electron chi connectivity index (χ3n) is 5.72. The number of ether oxygens (including phenoxy) is 1. The molecule has 6 nitrogen and oxygen atoms in total. The van der Waals surface area contributed by atoms with E-state index in [0.29, 0.717) is 25.7 Å². The number of aliphatic carboxylic acids is 1. The third-order valence-corrected chi connectivity index (χ3v) is 5.72. The van der Waals surface area contributed by atoms with Gasteiger partial charge in [0.2, 0.25) is 0 Å². The maximum absolute atomic E-state index is 10.6. The first-order valence-electron chi connectivity index (χ1n) is 10.0. The Balaban J connectivity index is 1.82. The summed E-state index contributed by atoms with van der Waals surface area (Å²) in [4.78, 5) is 10.6. The van der Waals surface area contributed by atoms with Gasteiger partial charge < -0.3 is 25.2 Å². The van der Waals surface area contributed by atoms with Crippen LogP contribution in [0.5, 0.6) is 0 Å². The van der Waals surface area contributed by atoms with Gasteiger partial charge in [0.15, 0.2) is 0 Å². The van der Waals surface area contributed by atoms with Crippen LogP contribution in [0.1, 0.15) is 64.7 Å². The number of aliphatic hydroxyl groups is 3. The molecule has 4 N–H and O–H groups in total. The lowest BCUT2D eigenvalue weighted by Gasteiger charge is -2.21. The average molecular weight is 370 g/mol. The van der Waals surface area contributed by atoms with Crippen molar-refractivity contribution in [3.63, 3.8) is 0 Å². The smallest absolute Gasteiger partial charge is 0.303 e. The standard InChI is InChI=1S/C20H34O6/c1-2-3-4-6-13(21)9-10-14-15-11-19(26-18(15)12-17(14)23)16(22)7-5-8-20(24)25/h9-10,13-19,21-23H,2-8,11-12H2,1H3,(H,24,25)/b10-9+/t13-,14+,15+,16-,17+,18-,19-/m0/s1. The van der Waals surface area contributed by atoms with E-state index in [2.05, 4.69) is 6.92 Å². The fraction of sp³-hybridized carbons (Fsp3) is 0.850. The van der Waals surface area contributed by atoms with Gasteiger partial charge >= 0.3 is 5.97 Å². The Morgan fingerprint density at radius 3 is 2.65 bits per heavy atom. The molecule has 0 unspecified atom stereocenters. The summed E-state index contributed by atoms with van der Waals surface area (Å²) in [5, 5.41) is 39.3. The van der Waals surface area contributed by atoms with Crippen molar-refractivity contribution in [1.82, 2.24) is 0 Å². The van der Waals surface area contributed by atoms with Gasteiger partial charge in [0, 0.05) is 18.8 Å². The molecular formula is C20H34O6. The Kier molecular flexibility index (Phi) is 8.54. The summed E-state index contributed by atoms with van der Waals surface area (Å²) in [5.74, 6) is -0.771. The van der Waals surface area contributed by atoms with Crippen LogP contribution in [-0.2, 0) is 9.53 Å². The van der Waals surface area contributed by atoms with Crippen molar-refractivity contribution in [2.45, 2.75) is 95.2 Å². The van der Waals surface area contributed by atoms with E-state index in [1.54, 1.807) is 6.08 Å². The minimum atomic E-state index is -0.854. The highest BCUT2D eigenvalue weighted by Crippen LogP contribution is 2.45. The number of carboxylic acid groups (broad SMARTS) is 1. The highest BCUT2D eigenvalue weighted by Gasteiger charge is 2.49. The van der Waals surface area contributed by atoms with Crippen LogP contribution in [0.3, 0.4) is 0 Å². The molecule has 0 aromatic carbocycles. The van der Waals surface area contributed by atoms with Crippen molar-refractivity contribution < 1.29 is 30.0 Å². The molecule has 0 aromatic rings. The summed E-state index contributed by atoms with van der Waals surface area (Å²) in [6.45, 7) is 2.13. The van der Waals surface area contributed by atoms with Crippen LogP contribution in [0.4, 0.5) is 0 Å². The van der Waals surface area contributed by atoms with E-state index in [9.17, 15) is 20.1 Å². The normalized spacial score (nSPS) is 33.5. The van der Waals surface area contributed by atoms with Crippen LogP contribution in [0, 0.1) is 11.8 Å². The molecule has 0 amide bonds. The van der Waals surface area contributed by atoms with Gasteiger partial charge in [-0.15, -0.1) is 0 Å². The molecule has 0 aromatic heterocycles. The predicted octanol–water partition coefficient (Wildman–Crippen LogP) is 2.25. The first-order chi connectivity index (χ1) is 12.4. The second-order valence-corrected chi connectivity index (χ2v) is 7.79. The molecule has 7 atom stereocenters. The molecule has 0 radical (unpaired) electrons. The van der Waals surface area contributed by atoms with Gasteiger partial charge in [-0.1, -0.05) is 38.3 Å². The van der Waals surface area contributed by atoms with Gasteiger partial charge in [-0.2, -0.15) is 0 Å². The van der Waals surface area contributed by atoms with E-state index >= 15 is 0 Å². The summed E-state index contributed by atoms with van der Waals surface area (Å²) < 4.78 is 5.94. The number of rotatable bonds is 11. The number of hydrogen-bond donors (Lipinski definition) is 4. The summed E-state index contributed by atoms with van der Waals surface area (Å²) >= 11 is 0. The van der Waals surface area contributed by atoms with E-state index in [1.807, 2.05) is 6.08 Å². The number of aliphatic hydroxyl groups excluding tert-OH is 3. The zero-order chi connectivity index (χ0) is 19.1. The molecule has 2 fully saturated rings. The molecule has 1 aliphatic heterocycles. The molecule has 1 saturated carbocycles. The van der Waals surface area contributed by atoms with Crippen LogP contribution in [-0.4, -0.2) is 56.9 Å². The highest BCUT2D eigenvalue weighted by molar-refractivity contribution is 5.66. The second kappa shape index (κ2) is 10.4. The molecule has 150 valence electrons. The SMILES string of the molecule is CCCCC[C@H](O)/C=C/[C@@H]1[C@H]2C[C@@H]([C@@H](O)CCCC(=O)O)O[C@H]2C[C@H]1O. The van der Waals surface area contributed by atoms with E-state index in [0.717, 1.165) is 25.7 Å². The van der Waals surface area contributed by atoms with Crippen molar-refractivity contribution in [1.29, 1.82) is 0 Å². The number of unbranched alkanes of at least 4 members (excludes halogenated alkanes) is 2. The molecule has 1 saturated heterocycles. The molecule has 0 bridgehead atoms. The van der Waals surface area contributed by atoms with Crippen LogP contribution in [0.2, 0.25) is 0 Å². The topological polar surface area (TPSA) is 107 Å². The van der Waals surface area contributed by atoms with Gasteiger partial charge in [-0.25, -0.2) is 0 Å². The van der Waals surface area contributed by atoms with Crippen molar-refractivity contribution in [3.05, 3.63) is 12.2 Å². The molecule has 1 heterocycles. The number of fused-ring (bicyclic) bond motifs is 1. The maximum Gasteiger partial charge on any atom is 0.303 e. The Hall–Kier alpha value is -0.950. The zero-order valence-corrected chi connectivity index (χ0v) is 15.7. The lowest BCUT2D eigenvalue weighted by Crippen LogP contribution is -2.28. The minimum absolute atomic E-state index is 0.0522. The largest absolute Gasteiger partial charge is 0.481 e. The van der Waals surface area contributed by atoms with Crippen LogP contribution < -0.4 is 0 Å². The van der Waals surface area contributed by atoms with Gasteiger partial charge in [0.25, 0.3) is 0 Å². The molecule has 0 spiro atoms. The fourth-order valence-corrected chi connectivity index (χ4v) is 4.24. The maximum atomic E-state index is 10.6. The number of carbonyl (C=O) groups is 1. The molecular weight excluding hydrogens is 336 g/mol. The van der Waals surface area contributed by atoms with Gasteiger partial charge in [-0.05, 0) is 31.6 Å². The van der Waals surface area contributed by atoms with Crippen molar-refractivity contribution >= 4 is 5.97 Å². The summed E-state index contributed by atoms with van der Waals surface area (Å²) in [6.07, 6.45) is 7.80. The van der Waals surface area contributed by atoms with E-state index < -0.39 is 24.3 Å². The summed E-state index contributed by atoms with van der Waals surface area (Å²) in [7, 11) is 0. The molecule has 2 rings (SSSR count). The lowest BCUT2D eigenvalue weighted by molar-refractivity contribution is -0.137. The van der Waals surface area contributed by atoms with E-state index in [1.165, 1.54) is 0 Å². The Labute approximate surface area is 155 Å². The molecule has 26 heavy (non-hydrogen) atoms. The van der Waals surface area contributed by atoms with Crippen LogP contribution in [0.25, 0.3) is 0 Å².